The summed E-state index contributed by atoms with van der Waals surface area (Å²) < 4.78 is 0. The van der Waals surface area contributed by atoms with E-state index in [-0.39, 0.29) is 12.5 Å². The highest BCUT2D eigenvalue weighted by atomic mass is 16.4. The lowest BCUT2D eigenvalue weighted by atomic mass is 10.1. The summed E-state index contributed by atoms with van der Waals surface area (Å²) in [6.45, 7) is 4.36. The largest absolute Gasteiger partial charge is 0.481 e. The Bertz CT molecular complexity index is 472. The molecule has 0 aliphatic carbocycles. The van der Waals surface area contributed by atoms with Crippen molar-refractivity contribution in [2.75, 3.05) is 18.9 Å². The Balaban J connectivity index is 2.54. The van der Waals surface area contributed by atoms with Gasteiger partial charge in [-0.15, -0.1) is 0 Å². The number of carboxylic acid groups (broad SMARTS) is 1. The summed E-state index contributed by atoms with van der Waals surface area (Å²) in [4.78, 5) is 23.8. The van der Waals surface area contributed by atoms with E-state index < -0.39 is 5.97 Å². The highest BCUT2D eigenvalue weighted by Crippen LogP contribution is 2.18. The van der Waals surface area contributed by atoms with Gasteiger partial charge in [0.1, 0.15) is 0 Å². The van der Waals surface area contributed by atoms with Crippen LogP contribution in [0.25, 0.3) is 0 Å². The third-order valence-corrected chi connectivity index (χ3v) is 3.08. The first-order chi connectivity index (χ1) is 8.91. The lowest BCUT2D eigenvalue weighted by Gasteiger charge is -2.18. The zero-order valence-corrected chi connectivity index (χ0v) is 11.6. The molecule has 0 fully saturated rings. The van der Waals surface area contributed by atoms with Gasteiger partial charge in [0.2, 0.25) is 0 Å². The third kappa shape index (κ3) is 4.62. The molecule has 0 radical (unpaired) electrons. The van der Waals surface area contributed by atoms with Gasteiger partial charge in [-0.2, -0.15) is 0 Å². The van der Waals surface area contributed by atoms with Crippen LogP contribution in [-0.2, 0) is 4.79 Å². The first-order valence-electron chi connectivity index (χ1n) is 6.22. The molecule has 0 unspecified atom stereocenters. The van der Waals surface area contributed by atoms with E-state index in [2.05, 4.69) is 5.32 Å². The summed E-state index contributed by atoms with van der Waals surface area (Å²) >= 11 is 0. The fourth-order valence-electron chi connectivity index (χ4n) is 1.67. The van der Waals surface area contributed by atoms with Crippen molar-refractivity contribution in [1.29, 1.82) is 0 Å². The summed E-state index contributed by atoms with van der Waals surface area (Å²) in [5.74, 6) is -0.844. The van der Waals surface area contributed by atoms with Crippen LogP contribution in [0.4, 0.5) is 10.5 Å². The van der Waals surface area contributed by atoms with Crippen molar-refractivity contribution in [2.24, 2.45) is 0 Å². The standard InChI is InChI=1S/C14H20N2O3/c1-10-6-4-7-12(11(10)2)15-14(19)16(3)9-5-8-13(17)18/h4,6-7H,5,8-9H2,1-3H3,(H,15,19)(H,17,18). The van der Waals surface area contributed by atoms with E-state index in [1.54, 1.807) is 7.05 Å². The second kappa shape index (κ2) is 6.78. The molecule has 0 spiro atoms. The number of carboxylic acids is 1. The van der Waals surface area contributed by atoms with Crippen molar-refractivity contribution in [1.82, 2.24) is 4.90 Å². The van der Waals surface area contributed by atoms with Crippen LogP contribution < -0.4 is 5.32 Å². The summed E-state index contributed by atoms with van der Waals surface area (Å²) in [6, 6.07) is 5.51. The summed E-state index contributed by atoms with van der Waals surface area (Å²) in [5.41, 5.74) is 2.94. The number of rotatable bonds is 5. The number of hydrogen-bond donors (Lipinski definition) is 2. The van der Waals surface area contributed by atoms with E-state index in [1.807, 2.05) is 32.0 Å². The van der Waals surface area contributed by atoms with Crippen LogP contribution in [-0.4, -0.2) is 35.6 Å². The van der Waals surface area contributed by atoms with Crippen molar-refractivity contribution in [3.8, 4) is 0 Å². The normalized spacial score (nSPS) is 10.1. The minimum atomic E-state index is -0.844. The first kappa shape index (κ1) is 15.0. The molecule has 0 atom stereocenters. The number of aryl methyl sites for hydroxylation is 1. The second-order valence-electron chi connectivity index (χ2n) is 4.60. The SMILES string of the molecule is Cc1cccc(NC(=O)N(C)CCCC(=O)O)c1C. The number of urea groups is 1. The van der Waals surface area contributed by atoms with Gasteiger partial charge in [-0.25, -0.2) is 4.79 Å². The molecule has 0 aromatic heterocycles. The molecule has 1 aromatic carbocycles. The summed E-state index contributed by atoms with van der Waals surface area (Å²) in [6.07, 6.45) is 0.521. The fraction of sp³-hybridized carbons (Fsp3) is 0.429. The molecule has 5 heteroatoms. The number of benzene rings is 1. The van der Waals surface area contributed by atoms with Gasteiger partial charge in [0, 0.05) is 25.7 Å². The number of anilines is 1. The van der Waals surface area contributed by atoms with Gasteiger partial charge in [-0.05, 0) is 37.5 Å². The van der Waals surface area contributed by atoms with Crippen LogP contribution in [0.5, 0.6) is 0 Å². The molecular weight excluding hydrogens is 244 g/mol. The zero-order chi connectivity index (χ0) is 14.4. The molecule has 0 saturated heterocycles. The number of nitrogens with one attached hydrogen (secondary N) is 1. The van der Waals surface area contributed by atoms with Crippen molar-refractivity contribution in [3.63, 3.8) is 0 Å². The quantitative estimate of drug-likeness (QED) is 0.859. The lowest BCUT2D eigenvalue weighted by Crippen LogP contribution is -2.32. The van der Waals surface area contributed by atoms with Crippen LogP contribution in [0, 0.1) is 13.8 Å². The molecule has 19 heavy (non-hydrogen) atoms. The highest BCUT2D eigenvalue weighted by Gasteiger charge is 2.10. The van der Waals surface area contributed by atoms with Gasteiger partial charge in [0.05, 0.1) is 0 Å². The smallest absolute Gasteiger partial charge is 0.321 e. The van der Waals surface area contributed by atoms with E-state index in [4.69, 9.17) is 5.11 Å². The molecular formula is C14H20N2O3. The van der Waals surface area contributed by atoms with Crippen LogP contribution >= 0.6 is 0 Å². The second-order valence-corrected chi connectivity index (χ2v) is 4.60. The summed E-state index contributed by atoms with van der Waals surface area (Å²) in [5, 5.41) is 11.4. The maximum absolute atomic E-state index is 11.9. The van der Waals surface area contributed by atoms with Gasteiger partial charge in [0.25, 0.3) is 0 Å². The molecule has 0 saturated carbocycles. The topological polar surface area (TPSA) is 69.6 Å². The highest BCUT2D eigenvalue weighted by molar-refractivity contribution is 5.90. The Morgan fingerprint density at radius 2 is 2.00 bits per heavy atom. The summed E-state index contributed by atoms with van der Waals surface area (Å²) in [7, 11) is 1.66. The van der Waals surface area contributed by atoms with Crippen LogP contribution in [0.1, 0.15) is 24.0 Å². The third-order valence-electron chi connectivity index (χ3n) is 3.08. The van der Waals surface area contributed by atoms with Crippen molar-refractivity contribution in [2.45, 2.75) is 26.7 Å². The molecule has 1 aromatic rings. The molecule has 0 aliphatic heterocycles. The Hall–Kier alpha value is -2.04. The first-order valence-corrected chi connectivity index (χ1v) is 6.22. The molecule has 0 bridgehead atoms. The van der Waals surface area contributed by atoms with E-state index in [9.17, 15) is 9.59 Å². The predicted molar refractivity (Wildman–Crippen MR) is 74.4 cm³/mol. The molecule has 5 nitrogen and oxygen atoms in total. The van der Waals surface area contributed by atoms with Gasteiger partial charge < -0.3 is 15.3 Å². The number of carbonyl (C=O) groups excluding carboxylic acids is 1. The van der Waals surface area contributed by atoms with E-state index in [1.165, 1.54) is 4.90 Å². The van der Waals surface area contributed by atoms with E-state index in [0.717, 1.165) is 16.8 Å². The van der Waals surface area contributed by atoms with Crippen molar-refractivity contribution >= 4 is 17.7 Å². The molecule has 2 amide bonds. The molecule has 1 rings (SSSR count). The molecule has 0 aliphatic rings. The average molecular weight is 264 g/mol. The number of amides is 2. The number of aliphatic carboxylic acids is 1. The maximum Gasteiger partial charge on any atom is 0.321 e. The zero-order valence-electron chi connectivity index (χ0n) is 11.6. The maximum atomic E-state index is 11.9. The Morgan fingerprint density at radius 3 is 2.63 bits per heavy atom. The van der Waals surface area contributed by atoms with Crippen LogP contribution in [0.2, 0.25) is 0 Å². The monoisotopic (exact) mass is 264 g/mol. The van der Waals surface area contributed by atoms with Crippen LogP contribution in [0.3, 0.4) is 0 Å². The molecule has 2 N–H and O–H groups in total. The molecule has 0 heterocycles. The minimum Gasteiger partial charge on any atom is -0.481 e. The van der Waals surface area contributed by atoms with Crippen molar-refractivity contribution in [3.05, 3.63) is 29.3 Å². The van der Waals surface area contributed by atoms with Crippen LogP contribution in [0.15, 0.2) is 18.2 Å². The number of nitrogens with zero attached hydrogens (tertiary/aromatic N) is 1. The van der Waals surface area contributed by atoms with Gasteiger partial charge in [0.15, 0.2) is 0 Å². The predicted octanol–water partition coefficient (Wildman–Crippen LogP) is 2.63. The van der Waals surface area contributed by atoms with Crippen molar-refractivity contribution < 1.29 is 14.7 Å². The van der Waals surface area contributed by atoms with Gasteiger partial charge in [-0.1, -0.05) is 12.1 Å². The van der Waals surface area contributed by atoms with E-state index >= 15 is 0 Å². The Labute approximate surface area is 113 Å². The fourth-order valence-corrected chi connectivity index (χ4v) is 1.67. The van der Waals surface area contributed by atoms with Gasteiger partial charge in [-0.3, -0.25) is 4.79 Å². The van der Waals surface area contributed by atoms with E-state index in [0.29, 0.717) is 13.0 Å². The number of carbonyl (C=O) groups is 2. The average Bonchev–Trinajstić information content (AvgIpc) is 2.34. The molecule has 104 valence electrons. The minimum absolute atomic E-state index is 0.0705. The Kier molecular flexibility index (Phi) is 5.36. The van der Waals surface area contributed by atoms with Gasteiger partial charge >= 0.3 is 12.0 Å². The Morgan fingerprint density at radius 1 is 1.32 bits per heavy atom. The number of hydrogen-bond acceptors (Lipinski definition) is 2. The lowest BCUT2D eigenvalue weighted by molar-refractivity contribution is -0.137.